The number of hydrogen-bond donors (Lipinski definition) is 1. The average Bonchev–Trinajstić information content (AvgIpc) is 2.84. The van der Waals surface area contributed by atoms with Gasteiger partial charge in [0.05, 0.1) is 30.7 Å². The molecule has 0 spiro atoms. The summed E-state index contributed by atoms with van der Waals surface area (Å²) >= 11 is 0. The van der Waals surface area contributed by atoms with Gasteiger partial charge >= 0.3 is 0 Å². The second-order valence-corrected chi connectivity index (χ2v) is 8.08. The van der Waals surface area contributed by atoms with Gasteiger partial charge in [0.15, 0.2) is 23.1 Å². The van der Waals surface area contributed by atoms with E-state index in [-0.39, 0.29) is 11.4 Å². The molecule has 1 N–H and O–H groups in total. The normalized spacial score (nSPS) is 13.5. The molecule has 35 heavy (non-hydrogen) atoms. The number of nitrogens with one attached hydrogen (secondary N) is 1. The molecule has 0 atom stereocenters. The molecule has 6 nitrogen and oxygen atoms in total. The number of pyridine rings is 1. The second-order valence-electron chi connectivity index (χ2n) is 8.08. The number of aromatic nitrogens is 1. The maximum atomic E-state index is 13.9. The Morgan fingerprint density at radius 1 is 1.20 bits per heavy atom. The number of methoxy groups -OCH3 is 1. The van der Waals surface area contributed by atoms with Crippen LogP contribution in [0.15, 0.2) is 59.7 Å². The molecule has 0 radical (unpaired) electrons. The van der Waals surface area contributed by atoms with Gasteiger partial charge in [0.1, 0.15) is 11.9 Å². The number of nitriles is 1. The molecule has 0 amide bonds. The molecule has 0 unspecified atom stereocenters. The van der Waals surface area contributed by atoms with Gasteiger partial charge in [-0.25, -0.2) is 13.8 Å². The quantitative estimate of drug-likeness (QED) is 0.355. The van der Waals surface area contributed by atoms with Crippen molar-refractivity contribution in [1.29, 1.82) is 5.26 Å². The first-order chi connectivity index (χ1) is 17.1. The van der Waals surface area contributed by atoms with E-state index in [1.807, 2.05) is 30.3 Å². The van der Waals surface area contributed by atoms with E-state index in [1.54, 1.807) is 25.3 Å². The molecule has 2 aromatic carbocycles. The van der Waals surface area contributed by atoms with Gasteiger partial charge in [-0.05, 0) is 49.1 Å². The van der Waals surface area contributed by atoms with E-state index in [4.69, 9.17) is 14.7 Å². The molecule has 1 saturated carbocycles. The van der Waals surface area contributed by atoms with Crippen molar-refractivity contribution in [2.45, 2.75) is 19.3 Å². The lowest BCUT2D eigenvalue weighted by Crippen LogP contribution is -2.19. The van der Waals surface area contributed by atoms with E-state index in [9.17, 15) is 8.78 Å². The topological polar surface area (TPSA) is 79.5 Å². The van der Waals surface area contributed by atoms with Crippen LogP contribution in [-0.2, 0) is 0 Å². The van der Waals surface area contributed by atoms with Gasteiger partial charge in [-0.3, -0.25) is 4.99 Å². The number of anilines is 2. The van der Waals surface area contributed by atoms with E-state index in [2.05, 4.69) is 15.3 Å². The van der Waals surface area contributed by atoms with Gasteiger partial charge in [-0.1, -0.05) is 18.6 Å². The molecule has 4 rings (SSSR count). The van der Waals surface area contributed by atoms with Crippen molar-refractivity contribution in [3.8, 4) is 17.6 Å². The highest BCUT2D eigenvalue weighted by Gasteiger charge is 2.19. The summed E-state index contributed by atoms with van der Waals surface area (Å²) < 4.78 is 39.3. The molecule has 1 aromatic heterocycles. The van der Waals surface area contributed by atoms with Crippen LogP contribution in [-0.4, -0.2) is 24.9 Å². The second kappa shape index (κ2) is 11.3. The Bertz CT molecular complexity index is 1280. The Kier molecular flexibility index (Phi) is 7.68. The van der Waals surface area contributed by atoms with Gasteiger partial charge in [0, 0.05) is 30.1 Å². The lowest BCUT2D eigenvalue weighted by Gasteiger charge is -2.26. The molecule has 1 aliphatic carbocycles. The largest absolute Gasteiger partial charge is 0.493 e. The Labute approximate surface area is 202 Å². The Hall–Kier alpha value is -4.25. The molecule has 0 aliphatic heterocycles. The SMILES string of the molecule is COc1cccc(/C=C/C=Nc2cc(F)c(F)cc2Nc2ccc(C#N)cn2)c1OCC1CCC1. The maximum absolute atomic E-state index is 13.9. The third kappa shape index (κ3) is 6.01. The Balaban J connectivity index is 1.53. The van der Waals surface area contributed by atoms with Gasteiger partial charge < -0.3 is 14.8 Å². The fourth-order valence-corrected chi connectivity index (χ4v) is 3.53. The van der Waals surface area contributed by atoms with Gasteiger partial charge in [0.2, 0.25) is 0 Å². The highest BCUT2D eigenvalue weighted by molar-refractivity contribution is 5.84. The molecule has 8 heteroatoms. The number of allylic oxidation sites excluding steroid dienone is 1. The number of benzene rings is 2. The predicted molar refractivity (Wildman–Crippen MR) is 132 cm³/mol. The summed E-state index contributed by atoms with van der Waals surface area (Å²) in [7, 11) is 1.60. The average molecular weight is 475 g/mol. The highest BCUT2D eigenvalue weighted by Crippen LogP contribution is 2.35. The van der Waals surface area contributed by atoms with Gasteiger partial charge in [-0.2, -0.15) is 5.26 Å². The molecule has 3 aromatic rings. The number of aliphatic imine (C=N–C) groups is 1. The standard InChI is InChI=1S/C27H24F2N4O2/c1-34-25-9-3-7-20(27(25)35-17-18-5-2-6-18)8-4-12-31-23-13-21(28)22(29)14-24(23)33-26-11-10-19(15-30)16-32-26/h3-4,7-14,16,18H,2,5-6,17H2,1H3,(H,32,33)/b8-4+,31-12?. The minimum atomic E-state index is -1.01. The van der Waals surface area contributed by atoms with E-state index in [0.29, 0.717) is 35.4 Å². The molecule has 0 bridgehead atoms. The van der Waals surface area contributed by atoms with Crippen molar-refractivity contribution in [1.82, 2.24) is 4.98 Å². The first kappa shape index (κ1) is 23.9. The van der Waals surface area contributed by atoms with Crippen LogP contribution < -0.4 is 14.8 Å². The number of nitrogens with zero attached hydrogens (tertiary/aromatic N) is 3. The summed E-state index contributed by atoms with van der Waals surface area (Å²) in [6.45, 7) is 0.641. The van der Waals surface area contributed by atoms with Crippen molar-refractivity contribution >= 4 is 29.5 Å². The molecule has 1 aliphatic rings. The first-order valence-electron chi connectivity index (χ1n) is 11.2. The molecule has 1 heterocycles. The predicted octanol–water partition coefficient (Wildman–Crippen LogP) is 6.58. The molecular weight excluding hydrogens is 450 g/mol. The van der Waals surface area contributed by atoms with Crippen molar-refractivity contribution in [3.05, 3.63) is 77.5 Å². The summed E-state index contributed by atoms with van der Waals surface area (Å²) in [6.07, 6.45) is 9.97. The van der Waals surface area contributed by atoms with Crippen LogP contribution in [0.5, 0.6) is 11.5 Å². The third-order valence-corrected chi connectivity index (χ3v) is 5.69. The Morgan fingerprint density at radius 3 is 2.71 bits per heavy atom. The minimum Gasteiger partial charge on any atom is -0.493 e. The number of rotatable bonds is 9. The van der Waals surface area contributed by atoms with Gasteiger partial charge in [0.25, 0.3) is 0 Å². The smallest absolute Gasteiger partial charge is 0.168 e. The lowest BCUT2D eigenvalue weighted by atomic mass is 9.86. The third-order valence-electron chi connectivity index (χ3n) is 5.69. The van der Waals surface area contributed by atoms with Gasteiger partial charge in [-0.15, -0.1) is 0 Å². The maximum Gasteiger partial charge on any atom is 0.168 e. The van der Waals surface area contributed by atoms with E-state index in [0.717, 1.165) is 17.7 Å². The van der Waals surface area contributed by atoms with E-state index < -0.39 is 11.6 Å². The van der Waals surface area contributed by atoms with Crippen molar-refractivity contribution in [3.63, 3.8) is 0 Å². The summed E-state index contributed by atoms with van der Waals surface area (Å²) in [4.78, 5) is 8.39. The summed E-state index contributed by atoms with van der Waals surface area (Å²) in [5.41, 5.74) is 1.63. The number of hydrogen-bond acceptors (Lipinski definition) is 6. The zero-order valence-electron chi connectivity index (χ0n) is 19.2. The first-order valence-corrected chi connectivity index (χ1v) is 11.2. The molecule has 1 fully saturated rings. The molecule has 0 saturated heterocycles. The van der Waals surface area contributed by atoms with E-state index in [1.165, 1.54) is 31.7 Å². The fourth-order valence-electron chi connectivity index (χ4n) is 3.53. The van der Waals surface area contributed by atoms with Crippen LogP contribution in [0.4, 0.5) is 26.0 Å². The van der Waals surface area contributed by atoms with Crippen molar-refractivity contribution in [2.75, 3.05) is 19.0 Å². The zero-order chi connectivity index (χ0) is 24.6. The van der Waals surface area contributed by atoms with Crippen LogP contribution >= 0.6 is 0 Å². The van der Waals surface area contributed by atoms with Crippen molar-refractivity contribution < 1.29 is 18.3 Å². The zero-order valence-corrected chi connectivity index (χ0v) is 19.2. The van der Waals surface area contributed by atoms with Crippen LogP contribution in [0.25, 0.3) is 6.08 Å². The molecule has 178 valence electrons. The van der Waals surface area contributed by atoms with E-state index >= 15 is 0 Å². The van der Waals surface area contributed by atoms with Crippen LogP contribution in [0.2, 0.25) is 0 Å². The summed E-state index contributed by atoms with van der Waals surface area (Å²) in [5.74, 6) is 0.216. The summed E-state index contributed by atoms with van der Waals surface area (Å²) in [6, 6.07) is 12.8. The summed E-state index contributed by atoms with van der Waals surface area (Å²) in [5, 5.41) is 11.8. The fraction of sp³-hybridized carbons (Fsp3) is 0.222. The highest BCUT2D eigenvalue weighted by atomic mass is 19.2. The number of halogens is 2. The Morgan fingerprint density at radius 2 is 2.03 bits per heavy atom. The number of ether oxygens (including phenoxy) is 2. The lowest BCUT2D eigenvalue weighted by molar-refractivity contribution is 0.175. The van der Waals surface area contributed by atoms with Crippen LogP contribution in [0, 0.1) is 28.9 Å². The number of para-hydroxylation sites is 1. The molecular formula is C27H24F2N4O2. The van der Waals surface area contributed by atoms with Crippen LogP contribution in [0.1, 0.15) is 30.4 Å². The van der Waals surface area contributed by atoms with Crippen LogP contribution in [0.3, 0.4) is 0 Å². The van der Waals surface area contributed by atoms with Crippen molar-refractivity contribution in [2.24, 2.45) is 10.9 Å². The minimum absolute atomic E-state index is 0.187. The monoisotopic (exact) mass is 474 g/mol.